The first kappa shape index (κ1) is 79.8. The van der Waals surface area contributed by atoms with Crippen LogP contribution < -0.4 is 5.32 Å². The molecular formula is C76H143NO5. The molecule has 2 atom stereocenters. The van der Waals surface area contributed by atoms with Crippen LogP contribution in [0, 0.1) is 0 Å². The van der Waals surface area contributed by atoms with Crippen LogP contribution in [0.15, 0.2) is 48.6 Å². The van der Waals surface area contributed by atoms with Crippen molar-refractivity contribution in [1.29, 1.82) is 0 Å². The summed E-state index contributed by atoms with van der Waals surface area (Å²) in [6, 6.07) is -0.625. The van der Waals surface area contributed by atoms with Gasteiger partial charge in [-0.05, 0) is 89.9 Å². The van der Waals surface area contributed by atoms with Crippen molar-refractivity contribution in [3.05, 3.63) is 48.6 Å². The van der Waals surface area contributed by atoms with E-state index >= 15 is 0 Å². The van der Waals surface area contributed by atoms with Crippen LogP contribution >= 0.6 is 0 Å². The highest BCUT2D eigenvalue weighted by molar-refractivity contribution is 5.76. The Morgan fingerprint density at radius 3 is 0.951 bits per heavy atom. The summed E-state index contributed by atoms with van der Waals surface area (Å²) in [6.45, 7) is 4.91. The Balaban J connectivity index is 3.35. The standard InChI is InChI=1S/C76H143NO5/c1-3-5-7-9-11-13-15-17-19-20-39-42-46-50-54-58-62-66-70-76(81)82-71-67-63-59-55-51-47-43-40-37-35-33-31-29-27-25-23-21-22-24-26-28-30-32-34-36-38-41-45-49-53-57-61-65-69-75(80)77-73(72-78)74(79)68-64-60-56-52-48-44-18-16-14-12-10-8-6-4-2/h13,15,19-20,25,27,64,68,73-74,78-79H,3-12,14,16-18,21-24,26,28-63,65-67,69-72H2,1-2H3,(H,77,80)/b15-13-,20-19-,27-25-,68-64+. The maximum atomic E-state index is 12.5. The average Bonchev–Trinajstić information content (AvgIpc) is 3.48. The molecule has 82 heavy (non-hydrogen) atoms. The highest BCUT2D eigenvalue weighted by atomic mass is 16.5. The largest absolute Gasteiger partial charge is 0.466 e. The molecular weight excluding hydrogens is 1010 g/mol. The Morgan fingerprint density at radius 1 is 0.341 bits per heavy atom. The quantitative estimate of drug-likeness (QED) is 0.0320. The van der Waals surface area contributed by atoms with Gasteiger partial charge in [-0.15, -0.1) is 0 Å². The summed E-state index contributed by atoms with van der Waals surface area (Å²) in [6.07, 6.45) is 93.5. The van der Waals surface area contributed by atoms with E-state index in [1.807, 2.05) is 6.08 Å². The van der Waals surface area contributed by atoms with Gasteiger partial charge in [-0.2, -0.15) is 0 Å². The smallest absolute Gasteiger partial charge is 0.305 e. The third-order valence-electron chi connectivity index (χ3n) is 17.1. The van der Waals surface area contributed by atoms with Crippen LogP contribution in [-0.4, -0.2) is 47.4 Å². The number of allylic oxidation sites excluding steroid dienone is 7. The Kier molecular flexibility index (Phi) is 69.4. The lowest BCUT2D eigenvalue weighted by Gasteiger charge is -2.20. The van der Waals surface area contributed by atoms with Gasteiger partial charge in [0.05, 0.1) is 25.4 Å². The molecule has 0 aliphatic rings. The molecule has 0 aromatic heterocycles. The number of nitrogens with one attached hydrogen (secondary N) is 1. The zero-order valence-corrected chi connectivity index (χ0v) is 55.2. The maximum Gasteiger partial charge on any atom is 0.305 e. The summed E-state index contributed by atoms with van der Waals surface area (Å²) >= 11 is 0. The van der Waals surface area contributed by atoms with E-state index in [0.29, 0.717) is 19.4 Å². The van der Waals surface area contributed by atoms with Gasteiger partial charge in [0, 0.05) is 12.8 Å². The molecule has 0 radical (unpaired) electrons. The number of hydrogen-bond acceptors (Lipinski definition) is 5. The number of aliphatic hydroxyl groups excluding tert-OH is 2. The fourth-order valence-electron chi connectivity index (χ4n) is 11.4. The molecule has 0 aromatic carbocycles. The van der Waals surface area contributed by atoms with Crippen molar-refractivity contribution in [1.82, 2.24) is 5.32 Å². The summed E-state index contributed by atoms with van der Waals surface area (Å²) in [5.74, 6) is -0.0520. The van der Waals surface area contributed by atoms with Crippen LogP contribution in [0.1, 0.15) is 399 Å². The van der Waals surface area contributed by atoms with E-state index in [0.717, 1.165) is 51.4 Å². The minimum Gasteiger partial charge on any atom is -0.466 e. The first-order valence-corrected chi connectivity index (χ1v) is 36.9. The van der Waals surface area contributed by atoms with E-state index in [9.17, 15) is 19.8 Å². The van der Waals surface area contributed by atoms with Crippen LogP contribution in [-0.2, 0) is 14.3 Å². The molecule has 0 saturated heterocycles. The van der Waals surface area contributed by atoms with Gasteiger partial charge in [0.15, 0.2) is 0 Å². The highest BCUT2D eigenvalue weighted by Gasteiger charge is 2.18. The lowest BCUT2D eigenvalue weighted by Crippen LogP contribution is -2.45. The van der Waals surface area contributed by atoms with E-state index < -0.39 is 12.1 Å². The molecule has 0 aromatic rings. The Labute approximate surface area is 512 Å². The van der Waals surface area contributed by atoms with Gasteiger partial charge in [0.1, 0.15) is 0 Å². The van der Waals surface area contributed by atoms with E-state index in [2.05, 4.69) is 55.6 Å². The molecule has 0 bridgehead atoms. The third kappa shape index (κ3) is 67.0. The number of esters is 1. The lowest BCUT2D eigenvalue weighted by molar-refractivity contribution is -0.143. The Bertz CT molecular complexity index is 1370. The zero-order chi connectivity index (χ0) is 59.2. The van der Waals surface area contributed by atoms with Crippen LogP contribution in [0.5, 0.6) is 0 Å². The van der Waals surface area contributed by atoms with E-state index in [1.54, 1.807) is 6.08 Å². The topological polar surface area (TPSA) is 95.9 Å². The number of rotatable bonds is 69. The molecule has 0 spiro atoms. The lowest BCUT2D eigenvalue weighted by atomic mass is 10.0. The van der Waals surface area contributed by atoms with Gasteiger partial charge in [-0.25, -0.2) is 0 Å². The SMILES string of the molecule is CCCCCC/C=C\C/C=C\CCCCCCCCCC(=O)OCCCCCCCCCCCCCC/C=C\CCCCCCCCCCCCCCCCCCCC(=O)NC(CO)C(O)/C=C/CCCCCCCCCCCCCC. The summed E-state index contributed by atoms with van der Waals surface area (Å²) in [7, 11) is 0. The molecule has 0 fully saturated rings. The first-order valence-electron chi connectivity index (χ1n) is 36.9. The van der Waals surface area contributed by atoms with Crippen molar-refractivity contribution >= 4 is 11.9 Å². The molecule has 0 aliphatic carbocycles. The van der Waals surface area contributed by atoms with Gasteiger partial charge in [0.2, 0.25) is 5.91 Å². The molecule has 1 amide bonds. The minimum atomic E-state index is -0.842. The molecule has 482 valence electrons. The van der Waals surface area contributed by atoms with Crippen molar-refractivity contribution in [3.8, 4) is 0 Å². The van der Waals surface area contributed by atoms with E-state index in [4.69, 9.17) is 4.74 Å². The van der Waals surface area contributed by atoms with Gasteiger partial charge in [0.25, 0.3) is 0 Å². The maximum absolute atomic E-state index is 12.5. The second kappa shape index (κ2) is 71.3. The Morgan fingerprint density at radius 2 is 0.610 bits per heavy atom. The summed E-state index contributed by atoms with van der Waals surface area (Å²) in [5, 5.41) is 23.2. The molecule has 0 heterocycles. The van der Waals surface area contributed by atoms with Gasteiger partial charge in [-0.1, -0.05) is 345 Å². The predicted octanol–water partition coefficient (Wildman–Crippen LogP) is 24.0. The molecule has 3 N–H and O–H groups in total. The molecule has 6 heteroatoms. The van der Waals surface area contributed by atoms with Crippen molar-refractivity contribution in [2.75, 3.05) is 13.2 Å². The fourth-order valence-corrected chi connectivity index (χ4v) is 11.4. The van der Waals surface area contributed by atoms with Gasteiger partial charge in [-0.3, -0.25) is 9.59 Å². The molecule has 6 nitrogen and oxygen atoms in total. The van der Waals surface area contributed by atoms with Crippen LogP contribution in [0.3, 0.4) is 0 Å². The number of carbonyl (C=O) groups is 2. The monoisotopic (exact) mass is 1150 g/mol. The Hall–Kier alpha value is -2.18. The fraction of sp³-hybridized carbons (Fsp3) is 0.868. The van der Waals surface area contributed by atoms with Crippen LogP contribution in [0.25, 0.3) is 0 Å². The predicted molar refractivity (Wildman–Crippen MR) is 361 cm³/mol. The molecule has 0 aliphatic heterocycles. The number of ether oxygens (including phenoxy) is 1. The summed E-state index contributed by atoms with van der Waals surface area (Å²) in [4.78, 5) is 24.6. The number of hydrogen-bond donors (Lipinski definition) is 3. The number of unbranched alkanes of at least 4 members (excludes halogenated alkanes) is 52. The number of carbonyl (C=O) groups excluding carboxylic acids is 2. The van der Waals surface area contributed by atoms with E-state index in [-0.39, 0.29) is 18.5 Å². The second-order valence-electron chi connectivity index (χ2n) is 25.3. The third-order valence-corrected chi connectivity index (χ3v) is 17.1. The summed E-state index contributed by atoms with van der Waals surface area (Å²) in [5.41, 5.74) is 0. The van der Waals surface area contributed by atoms with Gasteiger partial charge >= 0.3 is 5.97 Å². The molecule has 0 rings (SSSR count). The molecule has 2 unspecified atom stereocenters. The van der Waals surface area contributed by atoms with Crippen LogP contribution in [0.2, 0.25) is 0 Å². The number of amides is 1. The van der Waals surface area contributed by atoms with Crippen LogP contribution in [0.4, 0.5) is 0 Å². The highest BCUT2D eigenvalue weighted by Crippen LogP contribution is 2.18. The van der Waals surface area contributed by atoms with Crippen molar-refractivity contribution in [3.63, 3.8) is 0 Å². The first-order chi connectivity index (χ1) is 40.5. The number of aliphatic hydroxyl groups is 2. The van der Waals surface area contributed by atoms with Crippen molar-refractivity contribution in [2.24, 2.45) is 0 Å². The molecule has 0 saturated carbocycles. The van der Waals surface area contributed by atoms with Crippen molar-refractivity contribution in [2.45, 2.75) is 411 Å². The normalized spacial score (nSPS) is 12.8. The summed E-state index contributed by atoms with van der Waals surface area (Å²) < 4.78 is 5.50. The minimum absolute atomic E-state index is 0.0113. The second-order valence-corrected chi connectivity index (χ2v) is 25.3. The average molecular weight is 1150 g/mol. The van der Waals surface area contributed by atoms with Crippen molar-refractivity contribution < 1.29 is 24.5 Å². The van der Waals surface area contributed by atoms with Gasteiger partial charge < -0.3 is 20.3 Å². The zero-order valence-electron chi connectivity index (χ0n) is 55.2. The van der Waals surface area contributed by atoms with E-state index in [1.165, 1.54) is 321 Å².